The van der Waals surface area contributed by atoms with Gasteiger partial charge in [0.1, 0.15) is 0 Å². The van der Waals surface area contributed by atoms with Crippen molar-refractivity contribution in [1.29, 1.82) is 0 Å². The highest BCUT2D eigenvalue weighted by molar-refractivity contribution is 7.80. The summed E-state index contributed by atoms with van der Waals surface area (Å²) in [7, 11) is 0. The van der Waals surface area contributed by atoms with E-state index >= 15 is 0 Å². The SMILES string of the molecule is CCC1OCCC1C(=O)N1CCN(C(C)C(N)=S)CC1. The van der Waals surface area contributed by atoms with Crippen LogP contribution in [0, 0.1) is 5.92 Å². The normalized spacial score (nSPS) is 29.4. The lowest BCUT2D eigenvalue weighted by molar-refractivity contribution is -0.139. The molecule has 2 aliphatic heterocycles. The van der Waals surface area contributed by atoms with Crippen LogP contribution in [0.1, 0.15) is 26.7 Å². The highest BCUT2D eigenvalue weighted by atomic mass is 32.1. The molecule has 2 saturated heterocycles. The maximum atomic E-state index is 12.6. The molecule has 2 aliphatic rings. The fourth-order valence-electron chi connectivity index (χ4n) is 3.08. The van der Waals surface area contributed by atoms with Gasteiger partial charge in [0.05, 0.1) is 23.1 Å². The number of carbonyl (C=O) groups excluding carboxylic acids is 1. The molecule has 6 heteroatoms. The summed E-state index contributed by atoms with van der Waals surface area (Å²) in [5.74, 6) is 0.316. The van der Waals surface area contributed by atoms with Crippen LogP contribution in [-0.2, 0) is 9.53 Å². The molecule has 0 bridgehead atoms. The van der Waals surface area contributed by atoms with Crippen LogP contribution in [0.3, 0.4) is 0 Å². The number of ether oxygens (including phenoxy) is 1. The molecule has 0 aromatic carbocycles. The third-order valence-electron chi connectivity index (χ3n) is 4.51. The maximum absolute atomic E-state index is 12.6. The second kappa shape index (κ2) is 6.83. The van der Waals surface area contributed by atoms with E-state index in [-0.39, 0.29) is 24.0 Å². The number of hydrogen-bond donors (Lipinski definition) is 1. The third-order valence-corrected chi connectivity index (χ3v) is 4.86. The molecule has 0 aromatic heterocycles. The van der Waals surface area contributed by atoms with Gasteiger partial charge >= 0.3 is 0 Å². The van der Waals surface area contributed by atoms with Crippen molar-refractivity contribution in [2.75, 3.05) is 32.8 Å². The summed E-state index contributed by atoms with van der Waals surface area (Å²) in [6, 6.07) is 0.112. The van der Waals surface area contributed by atoms with E-state index in [1.54, 1.807) is 0 Å². The van der Waals surface area contributed by atoms with Crippen molar-refractivity contribution in [2.24, 2.45) is 11.7 Å². The van der Waals surface area contributed by atoms with Gasteiger partial charge in [-0.3, -0.25) is 9.69 Å². The van der Waals surface area contributed by atoms with Gasteiger partial charge in [-0.2, -0.15) is 0 Å². The van der Waals surface area contributed by atoms with Gasteiger partial charge in [-0.05, 0) is 19.8 Å². The van der Waals surface area contributed by atoms with Crippen LogP contribution in [-0.4, -0.2) is 65.6 Å². The van der Waals surface area contributed by atoms with Gasteiger partial charge in [0.2, 0.25) is 5.91 Å². The molecule has 2 heterocycles. The number of nitrogens with two attached hydrogens (primary N) is 1. The Morgan fingerprint density at radius 2 is 2.05 bits per heavy atom. The molecule has 2 fully saturated rings. The molecule has 0 aromatic rings. The van der Waals surface area contributed by atoms with E-state index < -0.39 is 0 Å². The van der Waals surface area contributed by atoms with Gasteiger partial charge in [-0.25, -0.2) is 0 Å². The number of thiocarbonyl (C=S) groups is 1. The van der Waals surface area contributed by atoms with Crippen molar-refractivity contribution < 1.29 is 9.53 Å². The summed E-state index contributed by atoms with van der Waals surface area (Å²) in [6.07, 6.45) is 1.88. The van der Waals surface area contributed by atoms with Crippen molar-refractivity contribution in [3.8, 4) is 0 Å². The first-order chi connectivity index (χ1) is 9.54. The molecule has 5 nitrogen and oxygen atoms in total. The zero-order chi connectivity index (χ0) is 14.7. The number of rotatable bonds is 4. The van der Waals surface area contributed by atoms with Crippen LogP contribution in [0.4, 0.5) is 0 Å². The Labute approximate surface area is 126 Å². The second-order valence-electron chi connectivity index (χ2n) is 5.65. The van der Waals surface area contributed by atoms with Crippen LogP contribution >= 0.6 is 12.2 Å². The predicted octanol–water partition coefficient (Wildman–Crippen LogP) is 0.620. The molecule has 2 rings (SSSR count). The lowest BCUT2D eigenvalue weighted by Crippen LogP contribution is -2.55. The highest BCUT2D eigenvalue weighted by Crippen LogP contribution is 2.26. The molecule has 0 aliphatic carbocycles. The molecule has 0 spiro atoms. The Balaban J connectivity index is 1.87. The molecule has 0 saturated carbocycles. The Kier molecular flexibility index (Phi) is 5.35. The van der Waals surface area contributed by atoms with Crippen molar-refractivity contribution in [2.45, 2.75) is 38.8 Å². The molecule has 2 N–H and O–H groups in total. The Morgan fingerprint density at radius 3 is 2.60 bits per heavy atom. The first-order valence-corrected chi connectivity index (χ1v) is 7.89. The van der Waals surface area contributed by atoms with E-state index in [4.69, 9.17) is 22.7 Å². The minimum atomic E-state index is 0.0551. The summed E-state index contributed by atoms with van der Waals surface area (Å²) in [5.41, 5.74) is 5.69. The summed E-state index contributed by atoms with van der Waals surface area (Å²) < 4.78 is 5.63. The zero-order valence-corrected chi connectivity index (χ0v) is 13.2. The van der Waals surface area contributed by atoms with Gasteiger partial charge in [0, 0.05) is 32.8 Å². The summed E-state index contributed by atoms with van der Waals surface area (Å²) in [6.45, 7) is 8.03. The van der Waals surface area contributed by atoms with E-state index in [9.17, 15) is 4.79 Å². The van der Waals surface area contributed by atoms with Crippen molar-refractivity contribution in [3.05, 3.63) is 0 Å². The number of carbonyl (C=O) groups is 1. The Bertz CT molecular complexity index is 369. The quantitative estimate of drug-likeness (QED) is 0.771. The lowest BCUT2D eigenvalue weighted by atomic mass is 9.97. The number of hydrogen-bond acceptors (Lipinski definition) is 4. The van der Waals surface area contributed by atoms with E-state index in [0.29, 0.717) is 11.6 Å². The molecule has 3 atom stereocenters. The molecule has 1 amide bonds. The van der Waals surface area contributed by atoms with E-state index in [1.165, 1.54) is 0 Å². The highest BCUT2D eigenvalue weighted by Gasteiger charge is 2.36. The Morgan fingerprint density at radius 1 is 1.40 bits per heavy atom. The van der Waals surface area contributed by atoms with Crippen LogP contribution in [0.2, 0.25) is 0 Å². The molecule has 20 heavy (non-hydrogen) atoms. The lowest BCUT2D eigenvalue weighted by Gasteiger charge is -2.38. The standard InChI is InChI=1S/C14H25N3O2S/c1-3-12-11(4-9-19-12)14(18)17-7-5-16(6-8-17)10(2)13(15)20/h10-12H,3-9H2,1-2H3,(H2,15,20). The Hall–Kier alpha value is -0.720. The zero-order valence-electron chi connectivity index (χ0n) is 12.4. The fourth-order valence-corrected chi connectivity index (χ4v) is 3.23. The van der Waals surface area contributed by atoms with Gasteiger partial charge in [0.15, 0.2) is 0 Å². The number of nitrogens with zero attached hydrogens (tertiary/aromatic N) is 2. The first-order valence-electron chi connectivity index (χ1n) is 7.48. The third kappa shape index (κ3) is 3.30. The van der Waals surface area contributed by atoms with E-state index in [1.807, 2.05) is 11.8 Å². The van der Waals surface area contributed by atoms with Crippen molar-refractivity contribution in [1.82, 2.24) is 9.80 Å². The first kappa shape index (κ1) is 15.7. The van der Waals surface area contributed by atoms with Gasteiger partial charge in [-0.1, -0.05) is 19.1 Å². The minimum absolute atomic E-state index is 0.0551. The predicted molar refractivity (Wildman–Crippen MR) is 82.5 cm³/mol. The summed E-state index contributed by atoms with van der Waals surface area (Å²) in [4.78, 5) is 17.3. The molecular weight excluding hydrogens is 274 g/mol. The van der Waals surface area contributed by atoms with Crippen LogP contribution in [0.25, 0.3) is 0 Å². The van der Waals surface area contributed by atoms with Crippen LogP contribution in [0.15, 0.2) is 0 Å². The average Bonchev–Trinajstić information content (AvgIpc) is 2.94. The topological polar surface area (TPSA) is 58.8 Å². The minimum Gasteiger partial charge on any atom is -0.392 e. The number of piperazine rings is 1. The molecular formula is C14H25N3O2S. The van der Waals surface area contributed by atoms with Crippen LogP contribution in [0.5, 0.6) is 0 Å². The summed E-state index contributed by atoms with van der Waals surface area (Å²) in [5, 5.41) is 0. The van der Waals surface area contributed by atoms with Crippen molar-refractivity contribution in [3.63, 3.8) is 0 Å². The monoisotopic (exact) mass is 299 g/mol. The van der Waals surface area contributed by atoms with Crippen LogP contribution < -0.4 is 5.73 Å². The largest absolute Gasteiger partial charge is 0.392 e. The van der Waals surface area contributed by atoms with Crippen molar-refractivity contribution >= 4 is 23.1 Å². The van der Waals surface area contributed by atoms with Gasteiger partial charge in [-0.15, -0.1) is 0 Å². The summed E-state index contributed by atoms with van der Waals surface area (Å²) >= 11 is 5.04. The maximum Gasteiger partial charge on any atom is 0.228 e. The van der Waals surface area contributed by atoms with Gasteiger partial charge < -0.3 is 15.4 Å². The smallest absolute Gasteiger partial charge is 0.228 e. The average molecular weight is 299 g/mol. The van der Waals surface area contributed by atoms with Gasteiger partial charge in [0.25, 0.3) is 0 Å². The molecule has 3 unspecified atom stereocenters. The van der Waals surface area contributed by atoms with E-state index in [0.717, 1.165) is 39.0 Å². The number of amides is 1. The molecule has 114 valence electrons. The fraction of sp³-hybridized carbons (Fsp3) is 0.857. The van der Waals surface area contributed by atoms with E-state index in [2.05, 4.69) is 11.8 Å². The molecule has 0 radical (unpaired) electrons. The second-order valence-corrected chi connectivity index (χ2v) is 6.12.